The molecule has 3 saturated carbocycles. The number of benzene rings is 1. The van der Waals surface area contributed by atoms with E-state index in [-0.39, 0.29) is 23.7 Å². The summed E-state index contributed by atoms with van der Waals surface area (Å²) in [6.07, 6.45) is 12.1. The van der Waals surface area contributed by atoms with E-state index in [1.54, 1.807) is 18.3 Å². The number of nitrogens with zero attached hydrogens (tertiary/aromatic N) is 2. The van der Waals surface area contributed by atoms with Crippen molar-refractivity contribution in [2.75, 3.05) is 16.8 Å². The molecule has 1 aliphatic heterocycles. The second-order valence-electron chi connectivity index (χ2n) is 11.7. The average Bonchev–Trinajstić information content (AvgIpc) is 3.50. The number of carbonyl (C=O) groups excluding carboxylic acids is 3. The lowest BCUT2D eigenvalue weighted by Crippen LogP contribution is -2.43. The lowest BCUT2D eigenvalue weighted by Gasteiger charge is -2.38. The molecule has 2 heterocycles. The molecule has 3 atom stereocenters. The van der Waals surface area contributed by atoms with Crippen LogP contribution in [0.25, 0.3) is 0 Å². The number of hydrogen-bond acceptors (Lipinski definition) is 6. The predicted octanol–water partition coefficient (Wildman–Crippen LogP) is 5.07. The molecule has 0 spiro atoms. The van der Waals surface area contributed by atoms with Crippen molar-refractivity contribution in [3.63, 3.8) is 0 Å². The number of hydrogen-bond donors (Lipinski definition) is 3. The van der Waals surface area contributed by atoms with Gasteiger partial charge in [0, 0.05) is 52.5 Å². The summed E-state index contributed by atoms with van der Waals surface area (Å²) in [4.78, 5) is 45.0. The molecule has 1 aromatic carbocycles. The number of primary amides is 1. The standard InChI is InChI=1S/C30H36BrN5O3/c31-24-14-23(29(32)38)25(34-20-5-1-2-6-20)15-22(24)30(39)35-21-12-18-4-3-11-36(26(18)13-21)27-10-9-19(16-33-27)28(37)17-7-8-17/h9-10,14-18,20-21,26,34H,1-8,11-13H2,(H2,32,38)(H,35,39). The molecule has 0 bridgehead atoms. The summed E-state index contributed by atoms with van der Waals surface area (Å²) >= 11 is 3.51. The van der Waals surface area contributed by atoms with Crippen LogP contribution in [0.3, 0.4) is 0 Å². The number of aromatic nitrogens is 1. The maximum Gasteiger partial charge on any atom is 0.252 e. The van der Waals surface area contributed by atoms with E-state index in [0.717, 1.165) is 76.6 Å². The van der Waals surface area contributed by atoms with E-state index < -0.39 is 5.91 Å². The predicted molar refractivity (Wildman–Crippen MR) is 154 cm³/mol. The van der Waals surface area contributed by atoms with Gasteiger partial charge in [-0.2, -0.15) is 0 Å². The van der Waals surface area contributed by atoms with Crippen LogP contribution in [0.2, 0.25) is 0 Å². The zero-order chi connectivity index (χ0) is 27.1. The van der Waals surface area contributed by atoms with Crippen molar-refractivity contribution in [3.05, 3.63) is 51.6 Å². The highest BCUT2D eigenvalue weighted by Crippen LogP contribution is 2.40. The number of Topliss-reactive ketones (excluding diaryl/α,β-unsaturated/α-hetero) is 1. The number of nitrogens with one attached hydrogen (secondary N) is 2. The molecule has 2 amide bonds. The van der Waals surface area contributed by atoms with Gasteiger partial charge in [0.2, 0.25) is 0 Å². The Labute approximate surface area is 237 Å². The highest BCUT2D eigenvalue weighted by Gasteiger charge is 2.41. The number of ketones is 1. The van der Waals surface area contributed by atoms with Gasteiger partial charge >= 0.3 is 0 Å². The number of fused-ring (bicyclic) bond motifs is 1. The van der Waals surface area contributed by atoms with Gasteiger partial charge in [0.05, 0.1) is 11.1 Å². The Kier molecular flexibility index (Phi) is 7.35. The van der Waals surface area contributed by atoms with Gasteiger partial charge in [-0.05, 0) is 97.5 Å². The topological polar surface area (TPSA) is 117 Å². The van der Waals surface area contributed by atoms with Gasteiger partial charge in [-0.1, -0.05) is 12.8 Å². The Bertz CT molecular complexity index is 1270. The molecule has 0 radical (unpaired) electrons. The van der Waals surface area contributed by atoms with Gasteiger partial charge in [-0.15, -0.1) is 0 Å². The summed E-state index contributed by atoms with van der Waals surface area (Å²) in [5.74, 6) is 1.14. The first-order valence-corrected chi connectivity index (χ1v) is 15.1. The van der Waals surface area contributed by atoms with Crippen molar-refractivity contribution in [1.82, 2.24) is 10.3 Å². The number of pyridine rings is 1. The summed E-state index contributed by atoms with van der Waals surface area (Å²) in [5, 5.41) is 6.73. The third-order valence-corrected chi connectivity index (χ3v) is 9.63. The fourth-order valence-corrected chi connectivity index (χ4v) is 7.32. The molecule has 1 aromatic heterocycles. The van der Waals surface area contributed by atoms with Crippen molar-refractivity contribution >= 4 is 45.0 Å². The molecule has 6 rings (SSSR count). The van der Waals surface area contributed by atoms with Crippen molar-refractivity contribution in [2.24, 2.45) is 17.6 Å². The van der Waals surface area contributed by atoms with E-state index in [4.69, 9.17) is 5.73 Å². The Hall–Kier alpha value is -2.94. The minimum Gasteiger partial charge on any atom is -0.382 e. The average molecular weight is 595 g/mol. The van der Waals surface area contributed by atoms with Crippen molar-refractivity contribution in [3.8, 4) is 0 Å². The molecule has 4 aliphatic rings. The zero-order valence-electron chi connectivity index (χ0n) is 22.1. The molecule has 8 nitrogen and oxygen atoms in total. The van der Waals surface area contributed by atoms with Gasteiger partial charge in [-0.25, -0.2) is 4.98 Å². The van der Waals surface area contributed by atoms with Crippen LogP contribution in [0.4, 0.5) is 11.5 Å². The Morgan fingerprint density at radius 1 is 0.949 bits per heavy atom. The van der Waals surface area contributed by atoms with Crippen molar-refractivity contribution in [1.29, 1.82) is 0 Å². The van der Waals surface area contributed by atoms with Crippen LogP contribution in [0.5, 0.6) is 0 Å². The second-order valence-corrected chi connectivity index (χ2v) is 12.6. The van der Waals surface area contributed by atoms with E-state index in [1.165, 1.54) is 0 Å². The van der Waals surface area contributed by atoms with E-state index in [2.05, 4.69) is 36.4 Å². The molecule has 3 aliphatic carbocycles. The molecule has 206 valence electrons. The number of rotatable bonds is 8. The quantitative estimate of drug-likeness (QED) is 0.368. The lowest BCUT2D eigenvalue weighted by molar-refractivity contribution is 0.0932. The van der Waals surface area contributed by atoms with E-state index >= 15 is 0 Å². The zero-order valence-corrected chi connectivity index (χ0v) is 23.7. The third kappa shape index (κ3) is 5.55. The van der Waals surface area contributed by atoms with Gasteiger partial charge < -0.3 is 21.3 Å². The minimum absolute atomic E-state index is 0.0535. The van der Waals surface area contributed by atoms with Crippen molar-refractivity contribution in [2.45, 2.75) is 82.3 Å². The molecular formula is C30H36BrN5O3. The summed E-state index contributed by atoms with van der Waals surface area (Å²) in [6, 6.07) is 7.98. The van der Waals surface area contributed by atoms with Gasteiger partial charge in [0.1, 0.15) is 5.82 Å². The third-order valence-electron chi connectivity index (χ3n) is 8.97. The molecule has 4 fully saturated rings. The second kappa shape index (κ2) is 10.9. The van der Waals surface area contributed by atoms with Crippen LogP contribution in [-0.4, -0.2) is 47.3 Å². The fourth-order valence-electron chi connectivity index (χ4n) is 6.79. The van der Waals surface area contributed by atoms with Gasteiger partial charge in [-0.3, -0.25) is 14.4 Å². The highest BCUT2D eigenvalue weighted by molar-refractivity contribution is 9.10. The molecule has 1 saturated heterocycles. The monoisotopic (exact) mass is 593 g/mol. The van der Waals surface area contributed by atoms with Gasteiger partial charge in [0.15, 0.2) is 5.78 Å². The Morgan fingerprint density at radius 3 is 2.44 bits per heavy atom. The molecule has 2 aromatic rings. The maximum absolute atomic E-state index is 13.5. The summed E-state index contributed by atoms with van der Waals surface area (Å²) in [6.45, 7) is 0.932. The van der Waals surface area contributed by atoms with Crippen molar-refractivity contribution < 1.29 is 14.4 Å². The molecule has 3 unspecified atom stereocenters. The number of halogens is 1. The number of amides is 2. The van der Waals surface area contributed by atoms with Crippen LogP contribution < -0.4 is 21.3 Å². The first kappa shape index (κ1) is 26.3. The number of piperidine rings is 1. The maximum atomic E-state index is 13.5. The largest absolute Gasteiger partial charge is 0.382 e. The summed E-state index contributed by atoms with van der Waals surface area (Å²) in [7, 11) is 0. The van der Waals surface area contributed by atoms with Crippen LogP contribution in [0.1, 0.15) is 95.3 Å². The molecule has 9 heteroatoms. The first-order valence-electron chi connectivity index (χ1n) is 14.3. The SMILES string of the molecule is NC(=O)c1cc(Br)c(C(=O)NC2CC3CCCN(c4ccc(C(=O)C5CC5)cn4)C3C2)cc1NC1CCCC1. The van der Waals surface area contributed by atoms with E-state index in [0.29, 0.717) is 44.9 Å². The minimum atomic E-state index is -0.512. The van der Waals surface area contributed by atoms with E-state index in [9.17, 15) is 14.4 Å². The molecular weight excluding hydrogens is 558 g/mol. The van der Waals surface area contributed by atoms with Crippen LogP contribution in [0.15, 0.2) is 34.9 Å². The number of nitrogens with two attached hydrogens (primary N) is 1. The lowest BCUT2D eigenvalue weighted by atomic mass is 9.92. The Balaban J connectivity index is 1.15. The van der Waals surface area contributed by atoms with Crippen LogP contribution >= 0.6 is 15.9 Å². The van der Waals surface area contributed by atoms with Crippen LogP contribution in [-0.2, 0) is 0 Å². The fraction of sp³-hybridized carbons (Fsp3) is 0.533. The number of anilines is 2. The first-order chi connectivity index (χ1) is 18.9. The van der Waals surface area contributed by atoms with Crippen LogP contribution in [0, 0.1) is 11.8 Å². The normalized spacial score (nSPS) is 24.8. The summed E-state index contributed by atoms with van der Waals surface area (Å²) in [5.41, 5.74) is 7.89. The van der Waals surface area contributed by atoms with E-state index in [1.807, 2.05) is 12.1 Å². The number of carbonyl (C=O) groups is 3. The molecule has 4 N–H and O–H groups in total. The summed E-state index contributed by atoms with van der Waals surface area (Å²) < 4.78 is 0.563. The Morgan fingerprint density at radius 2 is 1.74 bits per heavy atom. The van der Waals surface area contributed by atoms with Gasteiger partial charge in [0.25, 0.3) is 11.8 Å². The molecule has 39 heavy (non-hydrogen) atoms. The smallest absolute Gasteiger partial charge is 0.252 e. The highest BCUT2D eigenvalue weighted by atomic mass is 79.9.